The molecule has 8 heteroatoms. The van der Waals surface area contributed by atoms with Gasteiger partial charge in [-0.15, -0.1) is 11.3 Å². The summed E-state index contributed by atoms with van der Waals surface area (Å²) >= 11 is 1.53. The molecule has 27 heavy (non-hydrogen) atoms. The van der Waals surface area contributed by atoms with Crippen molar-refractivity contribution in [2.75, 3.05) is 6.54 Å². The van der Waals surface area contributed by atoms with Crippen LogP contribution in [0.15, 0.2) is 52.4 Å². The number of carbonyl (C=O) groups excluding carboxylic acids is 1. The molecule has 0 bridgehead atoms. The number of aromatic nitrogens is 2. The zero-order valence-corrected chi connectivity index (χ0v) is 15.3. The molecule has 140 valence electrons. The topological polar surface area (TPSA) is 105 Å². The van der Waals surface area contributed by atoms with E-state index in [0.717, 1.165) is 4.88 Å². The van der Waals surface area contributed by atoms with Crippen molar-refractivity contribution in [3.05, 3.63) is 59.3 Å². The Labute approximate surface area is 160 Å². The van der Waals surface area contributed by atoms with Crippen LogP contribution in [-0.4, -0.2) is 33.7 Å². The van der Waals surface area contributed by atoms with Gasteiger partial charge in [0.05, 0.1) is 10.8 Å². The number of amides is 1. The van der Waals surface area contributed by atoms with Gasteiger partial charge in [0, 0.05) is 19.4 Å². The van der Waals surface area contributed by atoms with Crippen LogP contribution in [0.2, 0.25) is 0 Å². The summed E-state index contributed by atoms with van der Waals surface area (Å²) in [6.45, 7) is 0.0568. The summed E-state index contributed by atoms with van der Waals surface area (Å²) in [7, 11) is 0. The molecule has 2 heterocycles. The van der Waals surface area contributed by atoms with Gasteiger partial charge < -0.3 is 14.9 Å². The van der Waals surface area contributed by atoms with Gasteiger partial charge in [-0.25, -0.2) is 0 Å². The fraction of sp³-hybridized carbons (Fsp3) is 0.263. The first kappa shape index (κ1) is 18.8. The molecule has 1 unspecified atom stereocenters. The molecule has 3 rings (SSSR count). The smallest absolute Gasteiger partial charge is 0.312 e. The van der Waals surface area contributed by atoms with Crippen LogP contribution in [-0.2, 0) is 16.0 Å². The second-order valence-electron chi connectivity index (χ2n) is 5.95. The maximum absolute atomic E-state index is 12.0. The van der Waals surface area contributed by atoms with Gasteiger partial charge in [0.1, 0.15) is 0 Å². The Hall–Kier alpha value is -3.00. The van der Waals surface area contributed by atoms with Crippen LogP contribution in [0.4, 0.5) is 0 Å². The second kappa shape index (κ2) is 9.09. The maximum atomic E-state index is 12.0. The minimum Gasteiger partial charge on any atom is -0.481 e. The van der Waals surface area contributed by atoms with E-state index < -0.39 is 11.9 Å². The van der Waals surface area contributed by atoms with E-state index >= 15 is 0 Å². The Morgan fingerprint density at radius 2 is 2.00 bits per heavy atom. The lowest BCUT2D eigenvalue weighted by Gasteiger charge is -2.13. The van der Waals surface area contributed by atoms with Crippen molar-refractivity contribution in [3.63, 3.8) is 0 Å². The van der Waals surface area contributed by atoms with Crippen LogP contribution in [0, 0.1) is 0 Å². The van der Waals surface area contributed by atoms with Gasteiger partial charge in [-0.2, -0.15) is 4.98 Å². The van der Waals surface area contributed by atoms with Gasteiger partial charge >= 0.3 is 5.97 Å². The van der Waals surface area contributed by atoms with Crippen molar-refractivity contribution in [2.24, 2.45) is 0 Å². The molecule has 0 aliphatic rings. The van der Waals surface area contributed by atoms with Crippen LogP contribution < -0.4 is 5.32 Å². The number of hydrogen-bond donors (Lipinski definition) is 2. The van der Waals surface area contributed by atoms with E-state index in [1.165, 1.54) is 11.3 Å². The molecule has 7 nitrogen and oxygen atoms in total. The predicted octanol–water partition coefficient (Wildman–Crippen LogP) is 3.11. The van der Waals surface area contributed by atoms with E-state index in [0.29, 0.717) is 30.1 Å². The Morgan fingerprint density at radius 3 is 2.70 bits per heavy atom. The van der Waals surface area contributed by atoms with Gasteiger partial charge in [0.15, 0.2) is 0 Å². The molecule has 0 radical (unpaired) electrons. The third-order valence-corrected chi connectivity index (χ3v) is 4.87. The highest BCUT2D eigenvalue weighted by Crippen LogP contribution is 2.21. The Morgan fingerprint density at radius 1 is 1.19 bits per heavy atom. The summed E-state index contributed by atoms with van der Waals surface area (Å²) in [5.41, 5.74) is 0.664. The van der Waals surface area contributed by atoms with Gasteiger partial charge in [0.2, 0.25) is 17.6 Å². The van der Waals surface area contributed by atoms with Crippen LogP contribution in [0.1, 0.15) is 30.2 Å². The molecule has 3 aromatic rings. The van der Waals surface area contributed by atoms with Gasteiger partial charge in [-0.05, 0) is 23.4 Å². The van der Waals surface area contributed by atoms with E-state index in [1.807, 2.05) is 23.6 Å². The van der Waals surface area contributed by atoms with Gasteiger partial charge in [0.25, 0.3) is 0 Å². The van der Waals surface area contributed by atoms with Crippen LogP contribution in [0.5, 0.6) is 0 Å². The highest BCUT2D eigenvalue weighted by atomic mass is 32.1. The number of carbonyl (C=O) groups is 2. The molecule has 1 amide bonds. The summed E-state index contributed by atoms with van der Waals surface area (Å²) in [5.74, 6) is -0.890. The third kappa shape index (κ3) is 5.24. The summed E-state index contributed by atoms with van der Waals surface area (Å²) in [6, 6.07) is 12.7. The normalized spacial score (nSPS) is 11.9. The maximum Gasteiger partial charge on any atom is 0.312 e. The molecule has 1 aromatic carbocycles. The average molecular weight is 385 g/mol. The highest BCUT2D eigenvalue weighted by Gasteiger charge is 2.20. The minimum absolute atomic E-state index is 0.0568. The Kier molecular flexibility index (Phi) is 6.32. The molecule has 0 spiro atoms. The largest absolute Gasteiger partial charge is 0.481 e. The minimum atomic E-state index is -0.964. The van der Waals surface area contributed by atoms with E-state index in [9.17, 15) is 14.7 Å². The fourth-order valence-electron chi connectivity index (χ4n) is 2.60. The number of aryl methyl sites for hydroxylation is 1. The molecule has 0 saturated heterocycles. The van der Waals surface area contributed by atoms with Crippen LogP contribution >= 0.6 is 11.3 Å². The van der Waals surface area contributed by atoms with Crippen molar-refractivity contribution >= 4 is 23.2 Å². The average Bonchev–Trinajstić information content (AvgIpc) is 3.34. The first-order valence-electron chi connectivity index (χ1n) is 8.54. The summed E-state index contributed by atoms with van der Waals surface area (Å²) in [6.07, 6.45) is 1.30. The SMILES string of the molecule is O=C(CCCc1nc(-c2cccs2)no1)NCC(C(=O)O)c1ccccc1. The van der Waals surface area contributed by atoms with E-state index in [4.69, 9.17) is 4.52 Å². The van der Waals surface area contributed by atoms with Crippen molar-refractivity contribution in [2.45, 2.75) is 25.2 Å². The van der Waals surface area contributed by atoms with E-state index in [2.05, 4.69) is 15.5 Å². The standard InChI is InChI=1S/C19H19N3O4S/c23-16(20-12-14(19(24)25)13-6-2-1-3-7-13)9-4-10-17-21-18(22-26-17)15-8-5-11-27-15/h1-3,5-8,11,14H,4,9-10,12H2,(H,20,23)(H,24,25). The summed E-state index contributed by atoms with van der Waals surface area (Å²) < 4.78 is 5.19. The number of benzene rings is 1. The number of thiophene rings is 1. The van der Waals surface area contributed by atoms with Crippen molar-refractivity contribution in [1.29, 1.82) is 0 Å². The van der Waals surface area contributed by atoms with Crippen molar-refractivity contribution < 1.29 is 19.2 Å². The number of nitrogens with zero attached hydrogens (tertiary/aromatic N) is 2. The number of aliphatic carboxylic acids is 1. The van der Waals surface area contributed by atoms with Gasteiger partial charge in [-0.3, -0.25) is 9.59 Å². The number of carboxylic acids is 1. The number of nitrogens with one attached hydrogen (secondary N) is 1. The predicted molar refractivity (Wildman–Crippen MR) is 100 cm³/mol. The lowest BCUT2D eigenvalue weighted by molar-refractivity contribution is -0.138. The zero-order valence-electron chi connectivity index (χ0n) is 14.5. The molecule has 0 aliphatic heterocycles. The quantitative estimate of drug-likeness (QED) is 0.586. The molecule has 2 aromatic heterocycles. The van der Waals surface area contributed by atoms with E-state index in [-0.39, 0.29) is 18.9 Å². The molecule has 0 saturated carbocycles. The molecule has 0 fully saturated rings. The zero-order chi connectivity index (χ0) is 19.1. The first-order chi connectivity index (χ1) is 13.1. The molecule has 0 aliphatic carbocycles. The highest BCUT2D eigenvalue weighted by molar-refractivity contribution is 7.13. The van der Waals surface area contributed by atoms with E-state index in [1.54, 1.807) is 24.3 Å². The lowest BCUT2D eigenvalue weighted by atomic mass is 9.99. The Bertz CT molecular complexity index is 878. The number of rotatable bonds is 9. The lowest BCUT2D eigenvalue weighted by Crippen LogP contribution is -2.31. The monoisotopic (exact) mass is 385 g/mol. The van der Waals surface area contributed by atoms with Gasteiger partial charge in [-0.1, -0.05) is 41.6 Å². The number of hydrogen-bond acceptors (Lipinski definition) is 6. The van der Waals surface area contributed by atoms with Crippen LogP contribution in [0.25, 0.3) is 10.7 Å². The van der Waals surface area contributed by atoms with Crippen molar-refractivity contribution in [3.8, 4) is 10.7 Å². The molecular weight excluding hydrogens is 366 g/mol. The third-order valence-electron chi connectivity index (χ3n) is 4.01. The first-order valence-corrected chi connectivity index (χ1v) is 9.42. The summed E-state index contributed by atoms with van der Waals surface area (Å²) in [4.78, 5) is 28.7. The molecular formula is C19H19N3O4S. The number of carboxylic acid groups (broad SMARTS) is 1. The van der Waals surface area contributed by atoms with Crippen LogP contribution in [0.3, 0.4) is 0 Å². The molecule has 2 N–H and O–H groups in total. The molecule has 1 atom stereocenters. The fourth-order valence-corrected chi connectivity index (χ4v) is 3.25. The van der Waals surface area contributed by atoms with Crippen molar-refractivity contribution in [1.82, 2.24) is 15.5 Å². The summed E-state index contributed by atoms with van der Waals surface area (Å²) in [5, 5.41) is 17.9. The Balaban J connectivity index is 1.44. The second-order valence-corrected chi connectivity index (χ2v) is 6.90.